The molecule has 0 aliphatic rings. The number of hydrogen-bond acceptors (Lipinski definition) is 3. The molecule has 0 unspecified atom stereocenters. The maximum atomic E-state index is 11.8. The summed E-state index contributed by atoms with van der Waals surface area (Å²) >= 11 is 0. The van der Waals surface area contributed by atoms with Crippen LogP contribution in [-0.4, -0.2) is 21.7 Å². The van der Waals surface area contributed by atoms with Crippen molar-refractivity contribution in [1.29, 1.82) is 0 Å². The van der Waals surface area contributed by atoms with Gasteiger partial charge in [0.25, 0.3) is 0 Å². The summed E-state index contributed by atoms with van der Waals surface area (Å²) in [5.74, 6) is -1.33. The first-order valence-corrected chi connectivity index (χ1v) is 8.69. The lowest BCUT2D eigenvalue weighted by Gasteiger charge is -2.19. The van der Waals surface area contributed by atoms with Gasteiger partial charge in [-0.2, -0.15) is 0 Å². The molecule has 0 spiro atoms. The molecule has 0 aromatic heterocycles. The Labute approximate surface area is 134 Å². The number of alkyl carbamates (subject to hydrolysis) is 1. The fourth-order valence-corrected chi connectivity index (χ4v) is 2.71. The van der Waals surface area contributed by atoms with Crippen LogP contribution in [0.3, 0.4) is 0 Å². The van der Waals surface area contributed by atoms with Gasteiger partial charge in [0.05, 0.1) is 0 Å². The molecule has 0 saturated carbocycles. The van der Waals surface area contributed by atoms with E-state index in [1.165, 1.54) is 0 Å². The second-order valence-electron chi connectivity index (χ2n) is 5.00. The summed E-state index contributed by atoms with van der Waals surface area (Å²) in [4.78, 5) is 30.6. The van der Waals surface area contributed by atoms with Crippen LogP contribution in [0.25, 0.3) is 0 Å². The summed E-state index contributed by atoms with van der Waals surface area (Å²) in [6.07, 6.45) is -0.843. The Balaban J connectivity index is 1.95. The largest absolute Gasteiger partial charge is 0.445 e. The molecule has 122 valence electrons. The van der Waals surface area contributed by atoms with E-state index >= 15 is 0 Å². The van der Waals surface area contributed by atoms with Gasteiger partial charge in [-0.15, -0.1) is 0 Å². The lowest BCUT2D eigenvalue weighted by atomic mass is 10.1. The van der Waals surface area contributed by atoms with E-state index in [1.807, 2.05) is 18.2 Å². The van der Waals surface area contributed by atoms with E-state index in [-0.39, 0.29) is 13.0 Å². The summed E-state index contributed by atoms with van der Waals surface area (Å²) in [5, 5.41) is 2.25. The Morgan fingerprint density at radius 1 is 1.00 bits per heavy atom. The molecule has 7 heteroatoms. The average molecular weight is 335 g/mol. The average Bonchev–Trinajstić information content (AvgIpc) is 2.53. The van der Waals surface area contributed by atoms with E-state index in [9.17, 15) is 19.1 Å². The van der Waals surface area contributed by atoms with Crippen molar-refractivity contribution >= 4 is 13.7 Å². The minimum Gasteiger partial charge on any atom is -0.445 e. The lowest BCUT2D eigenvalue weighted by Crippen LogP contribution is -2.36. The second-order valence-corrected chi connectivity index (χ2v) is 6.80. The van der Waals surface area contributed by atoms with Crippen molar-refractivity contribution in [3.63, 3.8) is 0 Å². The molecule has 0 radical (unpaired) electrons. The third-order valence-electron chi connectivity index (χ3n) is 3.18. The summed E-state index contributed by atoms with van der Waals surface area (Å²) in [5.41, 5.74) is 1.50. The minimum absolute atomic E-state index is 0.0194. The van der Waals surface area contributed by atoms with Gasteiger partial charge in [0.15, 0.2) is 0 Å². The van der Waals surface area contributed by atoms with Crippen LogP contribution in [0, 0.1) is 0 Å². The second kappa shape index (κ2) is 7.92. The van der Waals surface area contributed by atoms with Crippen molar-refractivity contribution in [3.05, 3.63) is 71.8 Å². The van der Waals surface area contributed by atoms with Crippen molar-refractivity contribution in [2.75, 3.05) is 0 Å². The topological polar surface area (TPSA) is 95.9 Å². The Bertz CT molecular complexity index is 671. The zero-order chi connectivity index (χ0) is 16.7. The maximum Gasteiger partial charge on any atom is 0.408 e. The van der Waals surface area contributed by atoms with Crippen LogP contribution in [0.4, 0.5) is 4.79 Å². The fraction of sp³-hybridized carbons (Fsp3) is 0.188. The first-order chi connectivity index (χ1) is 10.9. The molecule has 6 nitrogen and oxygen atoms in total. The highest BCUT2D eigenvalue weighted by atomic mass is 31.2. The van der Waals surface area contributed by atoms with Gasteiger partial charge in [0.1, 0.15) is 12.4 Å². The molecule has 1 atom stereocenters. The van der Waals surface area contributed by atoms with E-state index in [1.54, 1.807) is 42.5 Å². The number of nitrogens with one attached hydrogen (secondary N) is 1. The van der Waals surface area contributed by atoms with Crippen molar-refractivity contribution < 1.29 is 23.9 Å². The normalized spacial score (nSPS) is 12.4. The van der Waals surface area contributed by atoms with Crippen LogP contribution in [0.2, 0.25) is 0 Å². The van der Waals surface area contributed by atoms with Crippen molar-refractivity contribution in [2.45, 2.75) is 18.8 Å². The van der Waals surface area contributed by atoms with Gasteiger partial charge in [-0.1, -0.05) is 60.7 Å². The monoisotopic (exact) mass is 335 g/mol. The predicted molar refractivity (Wildman–Crippen MR) is 85.7 cm³/mol. The Morgan fingerprint density at radius 2 is 1.52 bits per heavy atom. The number of hydrogen-bond donors (Lipinski definition) is 3. The number of rotatable bonds is 6. The minimum atomic E-state index is -4.50. The Hall–Kier alpha value is -2.14. The zero-order valence-corrected chi connectivity index (χ0v) is 13.2. The number of benzene rings is 2. The van der Waals surface area contributed by atoms with E-state index in [2.05, 4.69) is 5.32 Å². The van der Waals surface area contributed by atoms with Crippen molar-refractivity contribution in [2.24, 2.45) is 0 Å². The molecule has 0 saturated heterocycles. The molecule has 0 aliphatic carbocycles. The molecule has 0 fully saturated rings. The van der Waals surface area contributed by atoms with Crippen molar-refractivity contribution in [3.8, 4) is 0 Å². The number of amides is 1. The number of carbonyl (C=O) groups excluding carboxylic acids is 1. The molecular weight excluding hydrogens is 317 g/mol. The van der Waals surface area contributed by atoms with Crippen LogP contribution in [-0.2, 0) is 22.3 Å². The highest BCUT2D eigenvalue weighted by Crippen LogP contribution is 2.41. The molecule has 2 rings (SSSR count). The molecular formula is C16H18NO5P. The first kappa shape index (κ1) is 17.2. The third kappa shape index (κ3) is 5.87. The van der Waals surface area contributed by atoms with Gasteiger partial charge in [0.2, 0.25) is 0 Å². The molecule has 2 aromatic rings. The predicted octanol–water partition coefficient (Wildman–Crippen LogP) is 2.66. The maximum absolute atomic E-state index is 11.8. The smallest absolute Gasteiger partial charge is 0.408 e. The summed E-state index contributed by atoms with van der Waals surface area (Å²) in [7, 11) is -4.50. The van der Waals surface area contributed by atoms with Crippen molar-refractivity contribution in [1.82, 2.24) is 5.32 Å². The molecule has 3 N–H and O–H groups in total. The van der Waals surface area contributed by atoms with Gasteiger partial charge in [-0.25, -0.2) is 4.79 Å². The first-order valence-electron chi connectivity index (χ1n) is 7.01. The number of carbonyl (C=O) groups is 1. The van der Waals surface area contributed by atoms with Gasteiger partial charge >= 0.3 is 13.7 Å². The van der Waals surface area contributed by atoms with Crippen LogP contribution in [0.15, 0.2) is 60.7 Å². The Morgan fingerprint density at radius 3 is 2.04 bits per heavy atom. The molecule has 0 heterocycles. The highest BCUT2D eigenvalue weighted by molar-refractivity contribution is 7.52. The third-order valence-corrected chi connectivity index (χ3v) is 4.30. The lowest BCUT2D eigenvalue weighted by molar-refractivity contribution is 0.137. The van der Waals surface area contributed by atoms with Crippen LogP contribution >= 0.6 is 7.60 Å². The van der Waals surface area contributed by atoms with Crippen LogP contribution in [0.5, 0.6) is 0 Å². The number of ether oxygens (including phenoxy) is 1. The standard InChI is InChI=1S/C16H18NO5P/c18-16(22-12-14-9-5-2-6-10-14)17-15(23(19,20)21)11-13-7-3-1-4-8-13/h1-10,15H,11-12H2,(H,17,18)(H2,19,20,21)/t15-/m1/s1. The molecule has 23 heavy (non-hydrogen) atoms. The van der Waals surface area contributed by atoms with Crippen LogP contribution in [0.1, 0.15) is 11.1 Å². The summed E-state index contributed by atoms with van der Waals surface area (Å²) in [6.45, 7) is 0.0336. The molecule has 0 bridgehead atoms. The molecule has 1 amide bonds. The summed E-state index contributed by atoms with van der Waals surface area (Å²) < 4.78 is 16.6. The van der Waals surface area contributed by atoms with E-state index in [0.717, 1.165) is 5.56 Å². The van der Waals surface area contributed by atoms with Gasteiger partial charge in [-0.05, 0) is 11.1 Å². The van der Waals surface area contributed by atoms with E-state index in [0.29, 0.717) is 5.56 Å². The SMILES string of the molecule is O=C(N[C@@H](Cc1ccccc1)P(=O)(O)O)OCc1ccccc1. The summed E-state index contributed by atoms with van der Waals surface area (Å²) in [6, 6.07) is 17.8. The van der Waals surface area contributed by atoms with Gasteiger partial charge < -0.3 is 19.8 Å². The van der Waals surface area contributed by atoms with E-state index < -0.39 is 19.5 Å². The van der Waals surface area contributed by atoms with Gasteiger partial charge in [0, 0.05) is 6.42 Å². The zero-order valence-electron chi connectivity index (χ0n) is 12.3. The molecule has 2 aromatic carbocycles. The van der Waals surface area contributed by atoms with Gasteiger partial charge in [-0.3, -0.25) is 4.57 Å². The Kier molecular flexibility index (Phi) is 5.93. The quantitative estimate of drug-likeness (QED) is 0.705. The highest BCUT2D eigenvalue weighted by Gasteiger charge is 2.31. The molecule has 0 aliphatic heterocycles. The van der Waals surface area contributed by atoms with E-state index in [4.69, 9.17) is 4.74 Å². The van der Waals surface area contributed by atoms with Crippen LogP contribution < -0.4 is 5.32 Å². The fourth-order valence-electron chi connectivity index (χ4n) is 1.99.